The van der Waals surface area contributed by atoms with E-state index in [1.165, 1.54) is 37.3 Å². The standard InChI is InChI=1S/C21H13F3N4O4S/c1-12-15(19(29)27-33(31,32)14-10-6-3-7-11-14)20(30)28-18(25-12)16(13-8-4-2-5-9-13)17(26-28)21(22,23)24/h2,4-6,8-11,25H,1H3,(H,27,29). The molecule has 0 aliphatic rings. The number of aromatic nitrogens is 3. The third kappa shape index (κ3) is 3.94. The van der Waals surface area contributed by atoms with Gasteiger partial charge in [0.1, 0.15) is 11.2 Å². The molecule has 12 heteroatoms. The minimum Gasteiger partial charge on any atom is -0.342 e. The van der Waals surface area contributed by atoms with Gasteiger partial charge in [-0.2, -0.15) is 22.8 Å². The van der Waals surface area contributed by atoms with Crippen LogP contribution in [0.25, 0.3) is 16.8 Å². The number of nitrogens with one attached hydrogen (secondary N) is 2. The summed E-state index contributed by atoms with van der Waals surface area (Å²) in [6, 6.07) is 15.9. The van der Waals surface area contributed by atoms with E-state index in [2.05, 4.69) is 22.2 Å². The number of H-pyrrole nitrogens is 1. The van der Waals surface area contributed by atoms with E-state index in [1.54, 1.807) is 10.8 Å². The zero-order chi connectivity index (χ0) is 24.0. The van der Waals surface area contributed by atoms with Gasteiger partial charge in [-0.05, 0) is 24.6 Å². The van der Waals surface area contributed by atoms with E-state index in [1.807, 2.05) is 0 Å². The smallest absolute Gasteiger partial charge is 0.342 e. The van der Waals surface area contributed by atoms with Crippen LogP contribution in [0.1, 0.15) is 21.7 Å². The van der Waals surface area contributed by atoms with Gasteiger partial charge >= 0.3 is 6.18 Å². The SMILES string of the molecule is Cc1[nH]c2c(-c3ccccc3)c(C(F)(F)F)nn2c(=O)c1C(=O)NS(=O)(=O)c1cc#ccc1. The van der Waals surface area contributed by atoms with Crippen molar-refractivity contribution in [1.29, 1.82) is 0 Å². The van der Waals surface area contributed by atoms with E-state index in [0.717, 1.165) is 12.1 Å². The average molecular weight is 474 g/mol. The number of fused-ring (bicyclic) bond motifs is 1. The first kappa shape index (κ1) is 22.1. The zero-order valence-corrected chi connectivity index (χ0v) is 17.5. The average Bonchev–Trinajstić information content (AvgIpc) is 3.15. The lowest BCUT2D eigenvalue weighted by Crippen LogP contribution is -2.36. The van der Waals surface area contributed by atoms with Crippen LogP contribution in [-0.4, -0.2) is 28.9 Å². The summed E-state index contributed by atoms with van der Waals surface area (Å²) in [5.74, 6) is -1.33. The molecule has 33 heavy (non-hydrogen) atoms. The van der Waals surface area contributed by atoms with Crippen molar-refractivity contribution < 1.29 is 26.4 Å². The summed E-state index contributed by atoms with van der Waals surface area (Å²) in [5, 5.41) is 3.41. The Labute approximate surface area is 184 Å². The van der Waals surface area contributed by atoms with Gasteiger partial charge in [0.15, 0.2) is 5.69 Å². The number of carbonyl (C=O) groups is 1. The summed E-state index contributed by atoms with van der Waals surface area (Å²) in [5.41, 5.74) is -3.90. The lowest BCUT2D eigenvalue weighted by molar-refractivity contribution is -0.140. The van der Waals surface area contributed by atoms with Gasteiger partial charge in [0.25, 0.3) is 21.5 Å². The highest BCUT2D eigenvalue weighted by atomic mass is 32.2. The molecule has 0 saturated heterocycles. The molecule has 0 aliphatic carbocycles. The van der Waals surface area contributed by atoms with Crippen molar-refractivity contribution in [2.24, 2.45) is 0 Å². The van der Waals surface area contributed by atoms with E-state index >= 15 is 0 Å². The molecular weight excluding hydrogens is 461 g/mol. The van der Waals surface area contributed by atoms with Crippen molar-refractivity contribution in [3.8, 4) is 11.1 Å². The number of carbonyl (C=O) groups excluding carboxylic acids is 1. The first-order valence-corrected chi connectivity index (χ1v) is 10.7. The highest BCUT2D eigenvalue weighted by Gasteiger charge is 2.39. The van der Waals surface area contributed by atoms with Crippen LogP contribution >= 0.6 is 0 Å². The lowest BCUT2D eigenvalue weighted by Gasteiger charge is -2.09. The molecule has 2 aromatic heterocycles. The fourth-order valence-corrected chi connectivity index (χ4v) is 4.19. The summed E-state index contributed by atoms with van der Waals surface area (Å²) in [6.07, 6.45) is -4.90. The van der Waals surface area contributed by atoms with Crippen molar-refractivity contribution in [2.45, 2.75) is 18.0 Å². The number of amides is 1. The molecule has 1 amide bonds. The van der Waals surface area contributed by atoms with Crippen LogP contribution in [0.3, 0.4) is 0 Å². The molecule has 0 spiro atoms. The third-order valence-corrected chi connectivity index (χ3v) is 6.03. The highest BCUT2D eigenvalue weighted by molar-refractivity contribution is 7.90. The Kier molecular flexibility index (Phi) is 5.21. The Morgan fingerprint density at radius 2 is 1.85 bits per heavy atom. The van der Waals surface area contributed by atoms with Crippen LogP contribution < -0.4 is 10.3 Å². The normalized spacial score (nSPS) is 11.9. The Morgan fingerprint density at radius 3 is 2.45 bits per heavy atom. The molecule has 0 atom stereocenters. The summed E-state index contributed by atoms with van der Waals surface area (Å²) in [6.45, 7) is 1.27. The monoisotopic (exact) mass is 474 g/mol. The van der Waals surface area contributed by atoms with Gasteiger partial charge in [0.2, 0.25) is 0 Å². The van der Waals surface area contributed by atoms with Crippen LogP contribution in [0.15, 0.2) is 58.2 Å². The Balaban J connectivity index is 1.89. The molecule has 2 N–H and O–H groups in total. The van der Waals surface area contributed by atoms with Crippen LogP contribution in [-0.2, 0) is 16.2 Å². The molecule has 0 radical (unpaired) electrons. The first-order valence-electron chi connectivity index (χ1n) is 9.24. The lowest BCUT2D eigenvalue weighted by atomic mass is 10.1. The second kappa shape index (κ2) is 7.79. The molecule has 2 heterocycles. The molecule has 2 aromatic carbocycles. The van der Waals surface area contributed by atoms with Crippen molar-refractivity contribution in [1.82, 2.24) is 19.3 Å². The molecular formula is C21H13F3N4O4S. The molecule has 0 bridgehead atoms. The number of sulfonamides is 1. The van der Waals surface area contributed by atoms with E-state index in [0.29, 0.717) is 4.52 Å². The van der Waals surface area contributed by atoms with Crippen LogP contribution in [0, 0.1) is 19.1 Å². The summed E-state index contributed by atoms with van der Waals surface area (Å²) in [7, 11) is -4.38. The fraction of sp³-hybridized carbons (Fsp3) is 0.0952. The largest absolute Gasteiger partial charge is 0.435 e. The van der Waals surface area contributed by atoms with E-state index in [9.17, 15) is 31.2 Å². The molecule has 168 valence electrons. The predicted octanol–water partition coefficient (Wildman–Crippen LogP) is 2.74. The molecule has 0 unspecified atom stereocenters. The van der Waals surface area contributed by atoms with Gasteiger partial charge in [-0.1, -0.05) is 42.5 Å². The van der Waals surface area contributed by atoms with Gasteiger partial charge in [0, 0.05) is 11.8 Å². The molecule has 0 fully saturated rings. The number of rotatable bonds is 4. The Bertz CT molecular complexity index is 1530. The Hall–Kier alpha value is -4.11. The van der Waals surface area contributed by atoms with Crippen LogP contribution in [0.4, 0.5) is 13.2 Å². The zero-order valence-electron chi connectivity index (χ0n) is 16.7. The quantitative estimate of drug-likeness (QED) is 0.472. The number of alkyl halides is 3. The van der Waals surface area contributed by atoms with Gasteiger partial charge in [-0.15, -0.1) is 0 Å². The first-order chi connectivity index (χ1) is 15.5. The number of aromatic amines is 1. The van der Waals surface area contributed by atoms with E-state index in [-0.39, 0.29) is 27.4 Å². The second-order valence-corrected chi connectivity index (χ2v) is 8.56. The van der Waals surface area contributed by atoms with Crippen molar-refractivity contribution in [2.75, 3.05) is 0 Å². The minimum absolute atomic E-state index is 0.140. The number of nitrogens with zero attached hydrogens (tertiary/aromatic N) is 2. The van der Waals surface area contributed by atoms with Crippen molar-refractivity contribution >= 4 is 21.6 Å². The number of hydrogen-bond acceptors (Lipinski definition) is 5. The van der Waals surface area contributed by atoms with Gasteiger partial charge < -0.3 is 4.98 Å². The maximum Gasteiger partial charge on any atom is 0.435 e. The highest BCUT2D eigenvalue weighted by Crippen LogP contribution is 2.38. The Morgan fingerprint density at radius 1 is 1.15 bits per heavy atom. The molecule has 0 saturated carbocycles. The maximum absolute atomic E-state index is 13.7. The maximum atomic E-state index is 13.7. The molecule has 8 nitrogen and oxygen atoms in total. The van der Waals surface area contributed by atoms with Gasteiger partial charge in [-0.25, -0.2) is 13.1 Å². The summed E-state index contributed by atoms with van der Waals surface area (Å²) in [4.78, 5) is 28.0. The number of halogens is 3. The third-order valence-electron chi connectivity index (χ3n) is 4.70. The number of hydrogen-bond donors (Lipinski definition) is 2. The molecule has 0 aliphatic heterocycles. The van der Waals surface area contributed by atoms with Crippen LogP contribution in [0.2, 0.25) is 0 Å². The van der Waals surface area contributed by atoms with E-state index < -0.39 is 38.9 Å². The molecule has 4 aromatic rings. The van der Waals surface area contributed by atoms with Crippen LogP contribution in [0.5, 0.6) is 0 Å². The molecule has 4 rings (SSSR count). The van der Waals surface area contributed by atoms with Crippen molar-refractivity contribution in [3.05, 3.63) is 88.0 Å². The number of aryl methyl sites for hydroxylation is 1. The summed E-state index contributed by atoms with van der Waals surface area (Å²) < 4.78 is 68.2. The number of benzene rings is 1. The summed E-state index contributed by atoms with van der Waals surface area (Å²) >= 11 is 0. The van der Waals surface area contributed by atoms with Gasteiger partial charge in [-0.3, -0.25) is 9.59 Å². The van der Waals surface area contributed by atoms with Gasteiger partial charge in [0.05, 0.1) is 10.5 Å². The van der Waals surface area contributed by atoms with E-state index in [4.69, 9.17) is 0 Å². The second-order valence-electron chi connectivity index (χ2n) is 6.88. The fourth-order valence-electron chi connectivity index (χ4n) is 3.26. The predicted molar refractivity (Wildman–Crippen MR) is 110 cm³/mol. The minimum atomic E-state index is -4.90. The van der Waals surface area contributed by atoms with Crippen molar-refractivity contribution in [3.63, 3.8) is 0 Å². The topological polar surface area (TPSA) is 113 Å².